The molecular weight excluding hydrogens is 260 g/mol. The fourth-order valence-electron chi connectivity index (χ4n) is 3.79. The first kappa shape index (κ1) is 14.4. The van der Waals surface area contributed by atoms with Crippen molar-refractivity contribution in [2.24, 2.45) is 0 Å². The number of aryl methyl sites for hydroxylation is 1. The van der Waals surface area contributed by atoms with Crippen molar-refractivity contribution in [3.63, 3.8) is 0 Å². The molecule has 1 saturated carbocycles. The summed E-state index contributed by atoms with van der Waals surface area (Å²) in [4.78, 5) is 14.5. The standard InChI is InChI=1S/C18H26N2O/c1-20(15-10-3-2-4-11-15)18(21)19-17-13-7-9-14-8-5-6-12-16(14)17/h5-6,8,12,15,17H,2-4,7,9-11,13H2,1H3,(H,19,21). The monoisotopic (exact) mass is 286 g/mol. The van der Waals surface area contributed by atoms with Gasteiger partial charge in [-0.3, -0.25) is 0 Å². The highest BCUT2D eigenvalue weighted by Gasteiger charge is 2.26. The lowest BCUT2D eigenvalue weighted by Gasteiger charge is -2.34. The topological polar surface area (TPSA) is 32.3 Å². The summed E-state index contributed by atoms with van der Waals surface area (Å²) in [6, 6.07) is 9.25. The maximum Gasteiger partial charge on any atom is 0.317 e. The van der Waals surface area contributed by atoms with Gasteiger partial charge in [-0.2, -0.15) is 0 Å². The van der Waals surface area contributed by atoms with Crippen LogP contribution in [0.15, 0.2) is 24.3 Å². The number of urea groups is 1. The largest absolute Gasteiger partial charge is 0.331 e. The molecule has 1 aromatic carbocycles. The number of rotatable bonds is 2. The molecule has 3 rings (SSSR count). The van der Waals surface area contributed by atoms with E-state index in [1.54, 1.807) is 0 Å². The van der Waals surface area contributed by atoms with Crippen molar-refractivity contribution in [1.82, 2.24) is 10.2 Å². The van der Waals surface area contributed by atoms with Gasteiger partial charge in [0.05, 0.1) is 6.04 Å². The quantitative estimate of drug-likeness (QED) is 0.874. The van der Waals surface area contributed by atoms with Gasteiger partial charge >= 0.3 is 6.03 Å². The second-order valence-corrected chi connectivity index (χ2v) is 6.50. The van der Waals surface area contributed by atoms with E-state index in [4.69, 9.17) is 0 Å². The SMILES string of the molecule is CN(C(=O)NC1CCCc2ccccc21)C1CCCCC1. The Kier molecular flexibility index (Phi) is 4.47. The van der Waals surface area contributed by atoms with Crippen LogP contribution in [-0.2, 0) is 6.42 Å². The minimum absolute atomic E-state index is 0.101. The van der Waals surface area contributed by atoms with Crippen LogP contribution < -0.4 is 5.32 Å². The van der Waals surface area contributed by atoms with E-state index in [1.165, 1.54) is 30.4 Å². The Bertz CT molecular complexity index is 494. The molecule has 2 aliphatic rings. The first-order valence-electron chi connectivity index (χ1n) is 8.37. The van der Waals surface area contributed by atoms with E-state index in [0.717, 1.165) is 32.1 Å². The second-order valence-electron chi connectivity index (χ2n) is 6.50. The Morgan fingerprint density at radius 3 is 2.67 bits per heavy atom. The number of carbonyl (C=O) groups excluding carboxylic acids is 1. The van der Waals surface area contributed by atoms with Crippen molar-refractivity contribution in [3.05, 3.63) is 35.4 Å². The van der Waals surface area contributed by atoms with Crippen molar-refractivity contribution in [3.8, 4) is 0 Å². The Labute approximate surface area is 127 Å². The predicted molar refractivity (Wildman–Crippen MR) is 85.3 cm³/mol. The summed E-state index contributed by atoms with van der Waals surface area (Å²) >= 11 is 0. The highest BCUT2D eigenvalue weighted by Crippen LogP contribution is 2.30. The zero-order valence-electron chi connectivity index (χ0n) is 13.0. The molecule has 0 aliphatic heterocycles. The lowest BCUT2D eigenvalue weighted by atomic mass is 9.88. The number of fused-ring (bicyclic) bond motifs is 1. The molecule has 0 aromatic heterocycles. The van der Waals surface area contributed by atoms with Crippen LogP contribution in [0.5, 0.6) is 0 Å². The Morgan fingerprint density at radius 1 is 1.10 bits per heavy atom. The fraction of sp³-hybridized carbons (Fsp3) is 0.611. The van der Waals surface area contributed by atoms with Crippen LogP contribution in [0.3, 0.4) is 0 Å². The zero-order valence-corrected chi connectivity index (χ0v) is 13.0. The first-order chi connectivity index (χ1) is 10.3. The van der Waals surface area contributed by atoms with Crippen LogP contribution in [-0.4, -0.2) is 24.0 Å². The Hall–Kier alpha value is -1.51. The summed E-state index contributed by atoms with van der Waals surface area (Å²) in [5.74, 6) is 0. The molecular formula is C18H26N2O. The third-order valence-corrected chi connectivity index (χ3v) is 5.11. The van der Waals surface area contributed by atoms with Gasteiger partial charge in [-0.05, 0) is 43.2 Å². The molecule has 1 N–H and O–H groups in total. The van der Waals surface area contributed by atoms with Crippen molar-refractivity contribution in [1.29, 1.82) is 0 Å². The average molecular weight is 286 g/mol. The summed E-state index contributed by atoms with van der Waals surface area (Å²) in [6.07, 6.45) is 9.51. The van der Waals surface area contributed by atoms with Gasteiger partial charge in [0.15, 0.2) is 0 Å². The van der Waals surface area contributed by atoms with E-state index in [-0.39, 0.29) is 12.1 Å². The number of amides is 2. The van der Waals surface area contributed by atoms with Crippen LogP contribution in [0.4, 0.5) is 4.79 Å². The predicted octanol–water partition coefficient (Wildman–Crippen LogP) is 4.04. The average Bonchev–Trinajstić information content (AvgIpc) is 2.55. The van der Waals surface area contributed by atoms with E-state index in [1.807, 2.05) is 11.9 Å². The van der Waals surface area contributed by atoms with Gasteiger partial charge in [-0.15, -0.1) is 0 Å². The molecule has 0 bridgehead atoms. The van der Waals surface area contributed by atoms with Gasteiger partial charge in [-0.1, -0.05) is 43.5 Å². The molecule has 0 spiro atoms. The summed E-state index contributed by atoms with van der Waals surface area (Å²) in [5, 5.41) is 3.26. The normalized spacial score (nSPS) is 22.4. The van der Waals surface area contributed by atoms with Crippen LogP contribution in [0.1, 0.15) is 62.1 Å². The maximum atomic E-state index is 12.5. The molecule has 0 heterocycles. The second kappa shape index (κ2) is 6.50. The molecule has 3 heteroatoms. The van der Waals surface area contributed by atoms with Gasteiger partial charge in [0.25, 0.3) is 0 Å². The van der Waals surface area contributed by atoms with E-state index in [2.05, 4.69) is 29.6 Å². The van der Waals surface area contributed by atoms with Crippen LogP contribution in [0, 0.1) is 0 Å². The Balaban J connectivity index is 1.65. The number of hydrogen-bond acceptors (Lipinski definition) is 1. The number of hydrogen-bond donors (Lipinski definition) is 1. The number of nitrogens with one attached hydrogen (secondary N) is 1. The number of carbonyl (C=O) groups is 1. The van der Waals surface area contributed by atoms with Gasteiger partial charge in [0.1, 0.15) is 0 Å². The number of benzene rings is 1. The summed E-state index contributed by atoms with van der Waals surface area (Å²) in [5.41, 5.74) is 2.71. The molecule has 1 atom stereocenters. The molecule has 1 fully saturated rings. The summed E-state index contributed by atoms with van der Waals surface area (Å²) in [7, 11) is 1.96. The van der Waals surface area contributed by atoms with Crippen molar-refractivity contribution < 1.29 is 4.79 Å². The lowest BCUT2D eigenvalue weighted by Crippen LogP contribution is -2.46. The van der Waals surface area contributed by atoms with E-state index in [9.17, 15) is 4.79 Å². The third-order valence-electron chi connectivity index (χ3n) is 5.11. The van der Waals surface area contributed by atoms with E-state index >= 15 is 0 Å². The fourth-order valence-corrected chi connectivity index (χ4v) is 3.79. The molecule has 0 saturated heterocycles. The van der Waals surface area contributed by atoms with Gasteiger partial charge in [0, 0.05) is 13.1 Å². The molecule has 114 valence electrons. The van der Waals surface area contributed by atoms with E-state index < -0.39 is 0 Å². The maximum absolute atomic E-state index is 12.5. The lowest BCUT2D eigenvalue weighted by molar-refractivity contribution is 0.169. The molecule has 1 aromatic rings. The van der Waals surface area contributed by atoms with Crippen molar-refractivity contribution in [2.45, 2.75) is 63.5 Å². The number of nitrogens with zero attached hydrogens (tertiary/aromatic N) is 1. The molecule has 1 unspecified atom stereocenters. The van der Waals surface area contributed by atoms with E-state index in [0.29, 0.717) is 6.04 Å². The minimum atomic E-state index is 0.101. The molecule has 0 radical (unpaired) electrons. The molecule has 2 aliphatic carbocycles. The summed E-state index contributed by atoms with van der Waals surface area (Å²) < 4.78 is 0. The molecule has 21 heavy (non-hydrogen) atoms. The van der Waals surface area contributed by atoms with Crippen LogP contribution in [0.2, 0.25) is 0 Å². The summed E-state index contributed by atoms with van der Waals surface area (Å²) in [6.45, 7) is 0. The molecule has 3 nitrogen and oxygen atoms in total. The smallest absolute Gasteiger partial charge is 0.317 e. The highest BCUT2D eigenvalue weighted by molar-refractivity contribution is 5.75. The van der Waals surface area contributed by atoms with Crippen molar-refractivity contribution in [2.75, 3.05) is 7.05 Å². The first-order valence-corrected chi connectivity index (χ1v) is 8.37. The van der Waals surface area contributed by atoms with Gasteiger partial charge in [-0.25, -0.2) is 4.79 Å². The zero-order chi connectivity index (χ0) is 14.7. The minimum Gasteiger partial charge on any atom is -0.331 e. The third kappa shape index (κ3) is 3.22. The van der Waals surface area contributed by atoms with Gasteiger partial charge < -0.3 is 10.2 Å². The van der Waals surface area contributed by atoms with Gasteiger partial charge in [0.2, 0.25) is 0 Å². The van der Waals surface area contributed by atoms with Crippen LogP contribution >= 0.6 is 0 Å². The van der Waals surface area contributed by atoms with Crippen molar-refractivity contribution >= 4 is 6.03 Å². The highest BCUT2D eigenvalue weighted by atomic mass is 16.2. The Morgan fingerprint density at radius 2 is 1.86 bits per heavy atom. The van der Waals surface area contributed by atoms with Crippen LogP contribution in [0.25, 0.3) is 0 Å². The molecule has 2 amide bonds.